The van der Waals surface area contributed by atoms with Crippen molar-refractivity contribution < 1.29 is 18.0 Å². The lowest BCUT2D eigenvalue weighted by atomic mass is 10.0. The second kappa shape index (κ2) is 10.4. The molecule has 0 atom stereocenters. The van der Waals surface area contributed by atoms with Gasteiger partial charge in [-0.15, -0.1) is 0 Å². The Balaban J connectivity index is 2.14. The standard InChI is InChI=1S/C16H29F3N4O/c1-20-15(21-10-6-5-9-13-7-3-4-8-13)22-11-14(24)23(2)12-16(17,18)19/h13H,3-12H2,1-2H3,(H2,20,21,22). The van der Waals surface area contributed by atoms with Crippen LogP contribution < -0.4 is 10.6 Å². The molecule has 0 aliphatic heterocycles. The van der Waals surface area contributed by atoms with Gasteiger partial charge in [0.2, 0.25) is 5.91 Å². The van der Waals surface area contributed by atoms with Crippen LogP contribution in [0, 0.1) is 5.92 Å². The van der Waals surface area contributed by atoms with Crippen LogP contribution in [0.4, 0.5) is 13.2 Å². The summed E-state index contributed by atoms with van der Waals surface area (Å²) in [6, 6.07) is 0. The molecule has 1 rings (SSSR count). The van der Waals surface area contributed by atoms with E-state index in [0.717, 1.165) is 32.4 Å². The van der Waals surface area contributed by atoms with E-state index in [2.05, 4.69) is 15.6 Å². The molecule has 0 aromatic carbocycles. The Morgan fingerprint density at radius 1 is 1.21 bits per heavy atom. The smallest absolute Gasteiger partial charge is 0.356 e. The van der Waals surface area contributed by atoms with Gasteiger partial charge in [-0.25, -0.2) is 0 Å². The van der Waals surface area contributed by atoms with E-state index in [-0.39, 0.29) is 6.54 Å². The number of amides is 1. The largest absolute Gasteiger partial charge is 0.406 e. The fourth-order valence-corrected chi connectivity index (χ4v) is 2.94. The number of alkyl halides is 3. The molecule has 1 saturated carbocycles. The molecular formula is C16H29F3N4O. The third-order valence-electron chi connectivity index (χ3n) is 4.28. The molecule has 0 spiro atoms. The molecule has 1 aliphatic carbocycles. The van der Waals surface area contributed by atoms with Gasteiger partial charge < -0.3 is 15.5 Å². The van der Waals surface area contributed by atoms with Gasteiger partial charge in [-0.2, -0.15) is 13.2 Å². The summed E-state index contributed by atoms with van der Waals surface area (Å²) >= 11 is 0. The van der Waals surface area contributed by atoms with Crippen molar-refractivity contribution in [3.8, 4) is 0 Å². The van der Waals surface area contributed by atoms with Crippen LogP contribution in [0.3, 0.4) is 0 Å². The molecule has 5 nitrogen and oxygen atoms in total. The molecule has 1 amide bonds. The van der Waals surface area contributed by atoms with Crippen molar-refractivity contribution in [3.63, 3.8) is 0 Å². The molecule has 8 heteroatoms. The predicted octanol–water partition coefficient (Wildman–Crippen LogP) is 2.53. The second-order valence-corrected chi connectivity index (χ2v) is 6.36. The van der Waals surface area contributed by atoms with E-state index in [1.54, 1.807) is 7.05 Å². The summed E-state index contributed by atoms with van der Waals surface area (Å²) in [6.45, 7) is -0.728. The molecule has 0 aromatic heterocycles. The molecule has 0 unspecified atom stereocenters. The summed E-state index contributed by atoms with van der Waals surface area (Å²) < 4.78 is 36.7. The van der Waals surface area contributed by atoms with Crippen molar-refractivity contribution in [2.75, 3.05) is 33.7 Å². The van der Waals surface area contributed by atoms with Gasteiger partial charge in [-0.1, -0.05) is 38.5 Å². The molecule has 0 bridgehead atoms. The van der Waals surface area contributed by atoms with Gasteiger partial charge in [0.05, 0.1) is 6.54 Å². The zero-order valence-electron chi connectivity index (χ0n) is 14.6. The number of carbonyl (C=O) groups is 1. The monoisotopic (exact) mass is 350 g/mol. The van der Waals surface area contributed by atoms with Crippen molar-refractivity contribution in [1.82, 2.24) is 15.5 Å². The number of carbonyl (C=O) groups excluding carboxylic acids is 1. The maximum Gasteiger partial charge on any atom is 0.406 e. The number of halogens is 3. The molecule has 0 aromatic rings. The highest BCUT2D eigenvalue weighted by Crippen LogP contribution is 2.28. The van der Waals surface area contributed by atoms with Gasteiger partial charge in [0.15, 0.2) is 5.96 Å². The van der Waals surface area contributed by atoms with Crippen molar-refractivity contribution in [3.05, 3.63) is 0 Å². The SMILES string of the molecule is CN=C(NCCCCC1CCCC1)NCC(=O)N(C)CC(F)(F)F. The highest BCUT2D eigenvalue weighted by atomic mass is 19.4. The zero-order chi connectivity index (χ0) is 18.0. The van der Waals surface area contributed by atoms with Crippen molar-refractivity contribution in [1.29, 1.82) is 0 Å². The Labute approximate surface area is 142 Å². The molecule has 24 heavy (non-hydrogen) atoms. The Kier molecular flexibility index (Phi) is 8.92. The van der Waals surface area contributed by atoms with E-state index in [1.165, 1.54) is 32.1 Å². The van der Waals surface area contributed by atoms with Crippen LogP contribution in [0.1, 0.15) is 44.9 Å². The highest BCUT2D eigenvalue weighted by molar-refractivity contribution is 5.86. The van der Waals surface area contributed by atoms with Gasteiger partial charge in [0.1, 0.15) is 6.54 Å². The van der Waals surface area contributed by atoms with Crippen LogP contribution in [0.5, 0.6) is 0 Å². The quantitative estimate of drug-likeness (QED) is 0.402. The lowest BCUT2D eigenvalue weighted by Crippen LogP contribution is -2.45. The number of aliphatic imine (C=N–C) groups is 1. The van der Waals surface area contributed by atoms with Gasteiger partial charge in [0.25, 0.3) is 0 Å². The topological polar surface area (TPSA) is 56.7 Å². The van der Waals surface area contributed by atoms with Gasteiger partial charge in [-0.05, 0) is 12.3 Å². The first-order chi connectivity index (χ1) is 11.3. The summed E-state index contributed by atoms with van der Waals surface area (Å²) in [5.41, 5.74) is 0. The number of nitrogens with one attached hydrogen (secondary N) is 2. The molecule has 0 saturated heterocycles. The third kappa shape index (κ3) is 8.98. The summed E-state index contributed by atoms with van der Waals surface area (Å²) in [5, 5.41) is 5.83. The summed E-state index contributed by atoms with van der Waals surface area (Å²) in [4.78, 5) is 16.3. The second-order valence-electron chi connectivity index (χ2n) is 6.36. The average Bonchev–Trinajstić information content (AvgIpc) is 3.01. The molecule has 1 fully saturated rings. The Morgan fingerprint density at radius 3 is 2.46 bits per heavy atom. The minimum absolute atomic E-state index is 0.214. The summed E-state index contributed by atoms with van der Waals surface area (Å²) in [5.74, 6) is 0.686. The van der Waals surface area contributed by atoms with E-state index >= 15 is 0 Å². The lowest BCUT2D eigenvalue weighted by molar-refractivity contribution is -0.157. The third-order valence-corrected chi connectivity index (χ3v) is 4.28. The van der Waals surface area contributed by atoms with Gasteiger partial charge in [0, 0.05) is 20.6 Å². The molecular weight excluding hydrogens is 321 g/mol. The minimum atomic E-state index is -4.39. The van der Waals surface area contributed by atoms with Gasteiger partial charge in [-0.3, -0.25) is 9.79 Å². The van der Waals surface area contributed by atoms with E-state index in [0.29, 0.717) is 10.9 Å². The van der Waals surface area contributed by atoms with Crippen LogP contribution >= 0.6 is 0 Å². The van der Waals surface area contributed by atoms with Gasteiger partial charge >= 0.3 is 6.18 Å². The number of likely N-dealkylation sites (N-methyl/N-ethyl adjacent to an activating group) is 1. The normalized spacial score (nSPS) is 16.3. The number of nitrogens with zero attached hydrogens (tertiary/aromatic N) is 2. The average molecular weight is 350 g/mol. The number of guanidine groups is 1. The van der Waals surface area contributed by atoms with E-state index in [4.69, 9.17) is 0 Å². The fourth-order valence-electron chi connectivity index (χ4n) is 2.94. The molecule has 0 radical (unpaired) electrons. The van der Waals surface area contributed by atoms with Crippen molar-refractivity contribution in [2.45, 2.75) is 51.1 Å². The number of rotatable bonds is 8. The zero-order valence-corrected chi connectivity index (χ0v) is 14.6. The van der Waals surface area contributed by atoms with E-state index in [1.807, 2.05) is 0 Å². The van der Waals surface area contributed by atoms with Crippen LogP contribution in [0.25, 0.3) is 0 Å². The number of hydrogen-bond acceptors (Lipinski definition) is 2. The van der Waals surface area contributed by atoms with Crippen molar-refractivity contribution in [2.24, 2.45) is 10.9 Å². The Hall–Kier alpha value is -1.47. The first-order valence-electron chi connectivity index (χ1n) is 8.57. The molecule has 0 heterocycles. The lowest BCUT2D eigenvalue weighted by Gasteiger charge is -2.20. The Morgan fingerprint density at radius 2 is 1.88 bits per heavy atom. The van der Waals surface area contributed by atoms with Crippen LogP contribution in [-0.4, -0.2) is 56.7 Å². The highest BCUT2D eigenvalue weighted by Gasteiger charge is 2.31. The summed E-state index contributed by atoms with van der Waals surface area (Å²) in [7, 11) is 2.70. The molecule has 140 valence electrons. The predicted molar refractivity (Wildman–Crippen MR) is 88.9 cm³/mol. The first kappa shape index (κ1) is 20.6. The van der Waals surface area contributed by atoms with E-state index < -0.39 is 18.6 Å². The number of hydrogen-bond donors (Lipinski definition) is 2. The summed E-state index contributed by atoms with van der Waals surface area (Å²) in [6.07, 6.45) is 4.46. The van der Waals surface area contributed by atoms with Crippen molar-refractivity contribution >= 4 is 11.9 Å². The molecule has 2 N–H and O–H groups in total. The maximum absolute atomic E-state index is 12.2. The maximum atomic E-state index is 12.2. The number of unbranched alkanes of at least 4 members (excludes halogenated alkanes) is 1. The minimum Gasteiger partial charge on any atom is -0.356 e. The Bertz CT molecular complexity index is 407. The molecule has 1 aliphatic rings. The first-order valence-corrected chi connectivity index (χ1v) is 8.57. The van der Waals surface area contributed by atoms with Crippen LogP contribution in [-0.2, 0) is 4.79 Å². The van der Waals surface area contributed by atoms with E-state index in [9.17, 15) is 18.0 Å². The van der Waals surface area contributed by atoms with Crippen LogP contribution in [0.15, 0.2) is 4.99 Å². The van der Waals surface area contributed by atoms with Crippen LogP contribution in [0.2, 0.25) is 0 Å². The fraction of sp³-hybridized carbons (Fsp3) is 0.875.